The number of ether oxygens (including phenoxy) is 1. The highest BCUT2D eigenvalue weighted by Crippen LogP contribution is 2.26. The third-order valence-corrected chi connectivity index (χ3v) is 5.88. The van der Waals surface area contributed by atoms with Gasteiger partial charge < -0.3 is 4.74 Å². The second-order valence-corrected chi connectivity index (χ2v) is 8.17. The van der Waals surface area contributed by atoms with Crippen LogP contribution >= 0.6 is 0 Å². The Labute approximate surface area is 192 Å². The third-order valence-electron chi connectivity index (χ3n) is 5.88. The zero-order valence-electron chi connectivity index (χ0n) is 18.7. The minimum absolute atomic E-state index is 0.121. The molecule has 0 fully saturated rings. The third kappa shape index (κ3) is 4.15. The molecule has 4 aromatic carbocycles. The fraction of sp³-hybridized carbons (Fsp3) is 0.103. The predicted molar refractivity (Wildman–Crippen MR) is 133 cm³/mol. The molecule has 0 unspecified atom stereocenters. The van der Waals surface area contributed by atoms with Gasteiger partial charge in [0.2, 0.25) is 0 Å². The normalized spacial score (nSPS) is 11.0. The molecule has 1 heterocycles. The predicted octanol–water partition coefficient (Wildman–Crippen LogP) is 5.96. The van der Waals surface area contributed by atoms with Crippen LogP contribution in [-0.4, -0.2) is 16.9 Å². The lowest BCUT2D eigenvalue weighted by Gasteiger charge is -2.12. The van der Waals surface area contributed by atoms with Crippen molar-refractivity contribution in [2.45, 2.75) is 13.3 Å². The van der Waals surface area contributed by atoms with Crippen molar-refractivity contribution < 1.29 is 4.74 Å². The summed E-state index contributed by atoms with van der Waals surface area (Å²) in [5, 5.41) is 6.31. The second kappa shape index (κ2) is 8.75. The summed E-state index contributed by atoms with van der Waals surface area (Å²) in [5.74, 6) is 0.847. The van der Waals surface area contributed by atoms with E-state index in [9.17, 15) is 4.79 Å². The average Bonchev–Trinajstić information content (AvgIpc) is 2.86. The van der Waals surface area contributed by atoms with Crippen molar-refractivity contribution in [1.82, 2.24) is 9.78 Å². The SMILES string of the molecule is COc1ccc(Cc2ccc(-n3nc(-c4ccc(C)cc4)c4ccccc4c3=O)cc2)cc1. The highest BCUT2D eigenvalue weighted by molar-refractivity contribution is 5.93. The Hall–Kier alpha value is -4.18. The lowest BCUT2D eigenvalue weighted by Crippen LogP contribution is -2.22. The number of fused-ring (bicyclic) bond motifs is 1. The summed E-state index contributed by atoms with van der Waals surface area (Å²) < 4.78 is 6.74. The van der Waals surface area contributed by atoms with Gasteiger partial charge in [-0.1, -0.05) is 72.3 Å². The van der Waals surface area contributed by atoms with Crippen molar-refractivity contribution in [3.05, 3.63) is 124 Å². The first kappa shape index (κ1) is 20.7. The van der Waals surface area contributed by atoms with E-state index >= 15 is 0 Å². The highest BCUT2D eigenvalue weighted by Gasteiger charge is 2.13. The van der Waals surface area contributed by atoms with Gasteiger partial charge in [-0.2, -0.15) is 9.78 Å². The van der Waals surface area contributed by atoms with Gasteiger partial charge in [0.1, 0.15) is 5.75 Å². The molecule has 5 aromatic rings. The number of nitrogens with zero attached hydrogens (tertiary/aromatic N) is 2. The smallest absolute Gasteiger partial charge is 0.279 e. The Morgan fingerprint density at radius 1 is 0.758 bits per heavy atom. The summed E-state index contributed by atoms with van der Waals surface area (Å²) in [4.78, 5) is 13.3. The molecule has 33 heavy (non-hydrogen) atoms. The molecule has 0 amide bonds. The number of rotatable bonds is 5. The van der Waals surface area contributed by atoms with Crippen molar-refractivity contribution in [3.8, 4) is 22.7 Å². The van der Waals surface area contributed by atoms with Gasteiger partial charge in [0.15, 0.2) is 0 Å². The van der Waals surface area contributed by atoms with Crippen LogP contribution in [0.25, 0.3) is 27.7 Å². The van der Waals surface area contributed by atoms with Crippen LogP contribution in [0.3, 0.4) is 0 Å². The Kier molecular flexibility index (Phi) is 5.49. The summed E-state index contributed by atoms with van der Waals surface area (Å²) in [5.41, 5.74) is 5.96. The summed E-state index contributed by atoms with van der Waals surface area (Å²) in [6.07, 6.45) is 0.805. The van der Waals surface area contributed by atoms with Gasteiger partial charge in [-0.15, -0.1) is 0 Å². The molecule has 0 bridgehead atoms. The molecule has 0 radical (unpaired) electrons. The topological polar surface area (TPSA) is 44.1 Å². The zero-order chi connectivity index (χ0) is 22.8. The minimum atomic E-state index is -0.121. The lowest BCUT2D eigenvalue weighted by molar-refractivity contribution is 0.414. The van der Waals surface area contributed by atoms with Gasteiger partial charge in [-0.25, -0.2) is 0 Å². The van der Waals surface area contributed by atoms with Crippen LogP contribution in [0.1, 0.15) is 16.7 Å². The molecule has 162 valence electrons. The standard InChI is InChI=1S/C29H24N2O2/c1-20-7-13-23(14-8-20)28-26-5-3-4-6-27(26)29(32)31(30-28)24-15-9-21(10-16-24)19-22-11-17-25(33-2)18-12-22/h3-18H,19H2,1-2H3. The molecule has 0 saturated heterocycles. The van der Waals surface area contributed by atoms with Crippen molar-refractivity contribution in [2.24, 2.45) is 0 Å². The zero-order valence-corrected chi connectivity index (χ0v) is 18.7. The van der Waals surface area contributed by atoms with Crippen molar-refractivity contribution in [3.63, 3.8) is 0 Å². The maximum atomic E-state index is 13.3. The summed E-state index contributed by atoms with van der Waals surface area (Å²) in [6, 6.07) is 32.0. The van der Waals surface area contributed by atoms with Crippen LogP contribution < -0.4 is 10.3 Å². The van der Waals surface area contributed by atoms with Gasteiger partial charge in [-0.3, -0.25) is 4.79 Å². The van der Waals surface area contributed by atoms with Crippen molar-refractivity contribution in [2.75, 3.05) is 7.11 Å². The van der Waals surface area contributed by atoms with Crippen LogP contribution in [0.5, 0.6) is 5.75 Å². The molecule has 0 spiro atoms. The summed E-state index contributed by atoms with van der Waals surface area (Å²) >= 11 is 0. The monoisotopic (exact) mass is 432 g/mol. The molecule has 5 rings (SSSR count). The van der Waals surface area contributed by atoms with Gasteiger partial charge in [-0.05, 0) is 54.8 Å². The fourth-order valence-corrected chi connectivity index (χ4v) is 4.02. The lowest BCUT2D eigenvalue weighted by atomic mass is 10.0. The molecule has 0 aliphatic rings. The molecule has 0 atom stereocenters. The van der Waals surface area contributed by atoms with Crippen LogP contribution in [0.4, 0.5) is 0 Å². The Bertz CT molecular complexity index is 1470. The first-order chi connectivity index (χ1) is 16.1. The molecule has 0 aliphatic carbocycles. The maximum absolute atomic E-state index is 13.3. The van der Waals surface area contributed by atoms with Gasteiger partial charge in [0, 0.05) is 10.9 Å². The van der Waals surface area contributed by atoms with E-state index in [1.807, 2.05) is 48.5 Å². The van der Waals surface area contributed by atoms with E-state index in [1.165, 1.54) is 15.8 Å². The van der Waals surface area contributed by atoms with E-state index in [-0.39, 0.29) is 5.56 Å². The van der Waals surface area contributed by atoms with Crippen LogP contribution in [0.15, 0.2) is 102 Å². The molecular weight excluding hydrogens is 408 g/mol. The number of aromatic nitrogens is 2. The molecule has 0 N–H and O–H groups in total. The van der Waals surface area contributed by atoms with Gasteiger partial charge >= 0.3 is 0 Å². The number of benzene rings is 4. The quantitative estimate of drug-likeness (QED) is 0.344. The first-order valence-corrected chi connectivity index (χ1v) is 10.9. The highest BCUT2D eigenvalue weighted by atomic mass is 16.5. The minimum Gasteiger partial charge on any atom is -0.497 e. The van der Waals surface area contributed by atoms with E-state index in [2.05, 4.69) is 55.5 Å². The first-order valence-electron chi connectivity index (χ1n) is 10.9. The average molecular weight is 433 g/mol. The number of hydrogen-bond acceptors (Lipinski definition) is 3. The van der Waals surface area contributed by atoms with E-state index in [0.29, 0.717) is 5.39 Å². The van der Waals surface area contributed by atoms with Crippen LogP contribution in [0.2, 0.25) is 0 Å². The second-order valence-electron chi connectivity index (χ2n) is 8.17. The summed E-state index contributed by atoms with van der Waals surface area (Å²) in [7, 11) is 1.67. The van der Waals surface area contributed by atoms with E-state index in [0.717, 1.165) is 40.1 Å². The van der Waals surface area contributed by atoms with E-state index < -0.39 is 0 Å². The molecule has 1 aromatic heterocycles. The fourth-order valence-electron chi connectivity index (χ4n) is 4.02. The Balaban J connectivity index is 1.54. The molecule has 4 heteroatoms. The number of aryl methyl sites for hydroxylation is 1. The van der Waals surface area contributed by atoms with Crippen molar-refractivity contribution >= 4 is 10.8 Å². The molecular formula is C29H24N2O2. The number of methoxy groups -OCH3 is 1. The van der Waals surface area contributed by atoms with E-state index in [1.54, 1.807) is 7.11 Å². The Morgan fingerprint density at radius 3 is 2.00 bits per heavy atom. The van der Waals surface area contributed by atoms with Crippen LogP contribution in [-0.2, 0) is 6.42 Å². The van der Waals surface area contributed by atoms with Gasteiger partial charge in [0.25, 0.3) is 5.56 Å². The molecule has 0 saturated carbocycles. The van der Waals surface area contributed by atoms with E-state index in [4.69, 9.17) is 9.84 Å². The summed E-state index contributed by atoms with van der Waals surface area (Å²) in [6.45, 7) is 2.06. The largest absolute Gasteiger partial charge is 0.497 e. The maximum Gasteiger partial charge on any atom is 0.279 e. The van der Waals surface area contributed by atoms with Gasteiger partial charge in [0.05, 0.1) is 23.9 Å². The Morgan fingerprint density at radius 2 is 1.36 bits per heavy atom. The van der Waals surface area contributed by atoms with Crippen LogP contribution in [0, 0.1) is 6.92 Å². The molecule has 4 nitrogen and oxygen atoms in total. The molecule has 0 aliphatic heterocycles. The number of hydrogen-bond donors (Lipinski definition) is 0. The van der Waals surface area contributed by atoms with Crippen molar-refractivity contribution in [1.29, 1.82) is 0 Å².